The van der Waals surface area contributed by atoms with Crippen molar-refractivity contribution in [3.8, 4) is 11.5 Å². The number of carbonyl (C=O) groups is 1. The van der Waals surface area contributed by atoms with Gasteiger partial charge < -0.3 is 14.6 Å². The summed E-state index contributed by atoms with van der Waals surface area (Å²) in [7, 11) is 1.62. The van der Waals surface area contributed by atoms with Gasteiger partial charge in [0.05, 0.1) is 18.6 Å². The molecule has 4 nitrogen and oxygen atoms in total. The Kier molecular flexibility index (Phi) is 4.76. The summed E-state index contributed by atoms with van der Waals surface area (Å²) in [4.78, 5) is 11.3. The second-order valence-electron chi connectivity index (χ2n) is 6.38. The topological polar surface area (TPSA) is 55.8 Å². The van der Waals surface area contributed by atoms with Crippen molar-refractivity contribution in [3.05, 3.63) is 23.8 Å². The minimum atomic E-state index is -0.795. The van der Waals surface area contributed by atoms with Gasteiger partial charge in [-0.1, -0.05) is 6.07 Å². The average Bonchev–Trinajstić information content (AvgIpc) is 2.91. The molecule has 0 aliphatic heterocycles. The summed E-state index contributed by atoms with van der Waals surface area (Å²) >= 11 is 0. The number of aliphatic carboxylic acids is 1. The van der Waals surface area contributed by atoms with Crippen LogP contribution in [0.15, 0.2) is 18.2 Å². The summed E-state index contributed by atoms with van der Waals surface area (Å²) in [5, 5.41) is 9.25. The number of methoxy groups -OCH3 is 1. The number of hydrogen-bond acceptors (Lipinski definition) is 3. The Hall–Kier alpha value is -1.71. The van der Waals surface area contributed by atoms with Crippen LogP contribution >= 0.6 is 0 Å². The minimum Gasteiger partial charge on any atom is -0.493 e. The van der Waals surface area contributed by atoms with Gasteiger partial charge in [0.1, 0.15) is 0 Å². The molecular formula is C17H24O4. The van der Waals surface area contributed by atoms with E-state index in [-0.39, 0.29) is 6.10 Å². The van der Waals surface area contributed by atoms with E-state index in [0.29, 0.717) is 12.2 Å². The lowest BCUT2D eigenvalue weighted by atomic mass is 9.86. The van der Waals surface area contributed by atoms with Crippen LogP contribution in [0.25, 0.3) is 0 Å². The van der Waals surface area contributed by atoms with Gasteiger partial charge in [0.25, 0.3) is 0 Å². The van der Waals surface area contributed by atoms with Gasteiger partial charge >= 0.3 is 5.97 Å². The summed E-state index contributed by atoms with van der Waals surface area (Å²) in [6.07, 6.45) is 5.29. The molecule has 1 aliphatic carbocycles. The molecule has 1 saturated carbocycles. The Morgan fingerprint density at radius 2 is 1.95 bits per heavy atom. The smallest absolute Gasteiger partial charge is 0.309 e. The van der Waals surface area contributed by atoms with Gasteiger partial charge in [-0.15, -0.1) is 0 Å². The van der Waals surface area contributed by atoms with E-state index >= 15 is 0 Å². The molecule has 0 aromatic heterocycles. The van der Waals surface area contributed by atoms with Crippen molar-refractivity contribution in [2.45, 2.75) is 52.1 Å². The lowest BCUT2D eigenvalue weighted by Crippen LogP contribution is -2.26. The molecule has 0 saturated heterocycles. The predicted octanol–water partition coefficient (Wildman–Crippen LogP) is 3.67. The van der Waals surface area contributed by atoms with Gasteiger partial charge in [0.15, 0.2) is 11.5 Å². The van der Waals surface area contributed by atoms with Crippen molar-refractivity contribution in [3.63, 3.8) is 0 Å². The molecule has 21 heavy (non-hydrogen) atoms. The highest BCUT2D eigenvalue weighted by Gasteiger charge is 2.28. The fourth-order valence-corrected chi connectivity index (χ4v) is 2.69. The predicted molar refractivity (Wildman–Crippen MR) is 81.0 cm³/mol. The number of rotatable bonds is 6. The van der Waals surface area contributed by atoms with E-state index in [2.05, 4.69) is 0 Å². The van der Waals surface area contributed by atoms with Crippen LogP contribution < -0.4 is 9.47 Å². The SMILES string of the molecule is COc1ccc(CC(C)(C)C(=O)O)cc1OC1CCCC1. The van der Waals surface area contributed by atoms with Crippen LogP contribution in [0.3, 0.4) is 0 Å². The number of carboxylic acids is 1. The van der Waals surface area contributed by atoms with Crippen molar-refractivity contribution < 1.29 is 19.4 Å². The first-order valence-corrected chi connectivity index (χ1v) is 7.49. The van der Waals surface area contributed by atoms with Crippen LogP contribution in [0.5, 0.6) is 11.5 Å². The molecule has 0 amide bonds. The van der Waals surface area contributed by atoms with E-state index in [1.165, 1.54) is 12.8 Å². The standard InChI is InChI=1S/C17H24O4/c1-17(2,16(18)19)11-12-8-9-14(20-3)15(10-12)21-13-6-4-5-7-13/h8-10,13H,4-7,11H2,1-3H3,(H,18,19). The molecule has 1 aromatic carbocycles. The first-order valence-electron chi connectivity index (χ1n) is 7.49. The molecule has 116 valence electrons. The summed E-state index contributed by atoms with van der Waals surface area (Å²) in [5.74, 6) is 0.637. The highest BCUT2D eigenvalue weighted by Crippen LogP contribution is 2.34. The lowest BCUT2D eigenvalue weighted by molar-refractivity contribution is -0.146. The molecule has 0 atom stereocenters. The fourth-order valence-electron chi connectivity index (χ4n) is 2.69. The number of hydrogen-bond donors (Lipinski definition) is 1. The van der Waals surface area contributed by atoms with Crippen LogP contribution in [0.2, 0.25) is 0 Å². The van der Waals surface area contributed by atoms with E-state index in [9.17, 15) is 9.90 Å². The van der Waals surface area contributed by atoms with E-state index in [1.807, 2.05) is 18.2 Å². The summed E-state index contributed by atoms with van der Waals surface area (Å²) in [6.45, 7) is 3.47. The minimum absolute atomic E-state index is 0.252. The third kappa shape index (κ3) is 3.90. The summed E-state index contributed by atoms with van der Waals surface area (Å²) in [6, 6.07) is 5.68. The molecule has 0 spiro atoms. The van der Waals surface area contributed by atoms with E-state index in [4.69, 9.17) is 9.47 Å². The van der Waals surface area contributed by atoms with Crippen molar-refractivity contribution in [1.82, 2.24) is 0 Å². The molecular weight excluding hydrogens is 268 g/mol. The third-order valence-corrected chi connectivity index (χ3v) is 4.05. The maximum absolute atomic E-state index is 11.3. The Bertz CT molecular complexity index is 502. The van der Waals surface area contributed by atoms with Crippen LogP contribution in [-0.2, 0) is 11.2 Å². The number of carboxylic acid groups (broad SMARTS) is 1. The van der Waals surface area contributed by atoms with Crippen molar-refractivity contribution in [1.29, 1.82) is 0 Å². The zero-order valence-electron chi connectivity index (χ0n) is 13.0. The normalized spacial score (nSPS) is 16.0. The van der Waals surface area contributed by atoms with Gasteiger partial charge in [-0.25, -0.2) is 0 Å². The number of benzene rings is 1. The van der Waals surface area contributed by atoms with E-state index in [0.717, 1.165) is 24.2 Å². The van der Waals surface area contributed by atoms with Gasteiger partial charge in [-0.3, -0.25) is 4.79 Å². The maximum atomic E-state index is 11.3. The molecule has 0 heterocycles. The monoisotopic (exact) mass is 292 g/mol. The zero-order chi connectivity index (χ0) is 15.5. The van der Waals surface area contributed by atoms with E-state index in [1.54, 1.807) is 21.0 Å². The average molecular weight is 292 g/mol. The molecule has 0 radical (unpaired) electrons. The second kappa shape index (κ2) is 6.37. The van der Waals surface area contributed by atoms with E-state index < -0.39 is 11.4 Å². The number of ether oxygens (including phenoxy) is 2. The summed E-state index contributed by atoms with van der Waals surface area (Å²) in [5.41, 5.74) is 0.162. The van der Waals surface area contributed by atoms with Crippen LogP contribution in [0, 0.1) is 5.41 Å². The lowest BCUT2D eigenvalue weighted by Gasteiger charge is -2.21. The molecule has 0 unspecified atom stereocenters. The first-order chi connectivity index (χ1) is 9.92. The summed E-state index contributed by atoms with van der Waals surface area (Å²) < 4.78 is 11.4. The van der Waals surface area contributed by atoms with Crippen molar-refractivity contribution in [2.75, 3.05) is 7.11 Å². The van der Waals surface area contributed by atoms with Gasteiger partial charge in [0, 0.05) is 0 Å². The second-order valence-corrected chi connectivity index (χ2v) is 6.38. The zero-order valence-corrected chi connectivity index (χ0v) is 13.0. The van der Waals surface area contributed by atoms with Crippen molar-refractivity contribution >= 4 is 5.97 Å². The quantitative estimate of drug-likeness (QED) is 0.869. The Morgan fingerprint density at radius 1 is 1.29 bits per heavy atom. The largest absolute Gasteiger partial charge is 0.493 e. The van der Waals surface area contributed by atoms with Gasteiger partial charge in [-0.05, 0) is 63.6 Å². The fraction of sp³-hybridized carbons (Fsp3) is 0.588. The Balaban J connectivity index is 2.18. The van der Waals surface area contributed by atoms with Crippen molar-refractivity contribution in [2.24, 2.45) is 5.41 Å². The third-order valence-electron chi connectivity index (χ3n) is 4.05. The van der Waals surface area contributed by atoms with Crippen LogP contribution in [-0.4, -0.2) is 24.3 Å². The van der Waals surface area contributed by atoms with Gasteiger partial charge in [-0.2, -0.15) is 0 Å². The maximum Gasteiger partial charge on any atom is 0.309 e. The van der Waals surface area contributed by atoms with Crippen LogP contribution in [0.4, 0.5) is 0 Å². The highest BCUT2D eigenvalue weighted by molar-refractivity contribution is 5.74. The van der Waals surface area contributed by atoms with Crippen LogP contribution in [0.1, 0.15) is 45.1 Å². The molecule has 2 rings (SSSR count). The molecule has 1 aromatic rings. The van der Waals surface area contributed by atoms with Gasteiger partial charge in [0.2, 0.25) is 0 Å². The first kappa shape index (κ1) is 15.7. The highest BCUT2D eigenvalue weighted by atomic mass is 16.5. The molecule has 1 N–H and O–H groups in total. The Morgan fingerprint density at radius 3 is 2.52 bits per heavy atom. The molecule has 4 heteroatoms. The molecule has 1 fully saturated rings. The molecule has 0 bridgehead atoms. The Labute approximate surface area is 126 Å². The molecule has 1 aliphatic rings.